The molecule has 0 radical (unpaired) electrons. The predicted octanol–water partition coefficient (Wildman–Crippen LogP) is 4.35. The number of hydrogen-bond acceptors (Lipinski definition) is 5. The van der Waals surface area contributed by atoms with Crippen LogP contribution in [0.4, 0.5) is 8.78 Å². The van der Waals surface area contributed by atoms with Crippen LogP contribution >= 0.6 is 0 Å². The molecule has 3 aromatic rings. The second-order valence-electron chi connectivity index (χ2n) is 6.14. The summed E-state index contributed by atoms with van der Waals surface area (Å²) in [5.74, 6) is -1.28. The van der Waals surface area contributed by atoms with E-state index in [-0.39, 0.29) is 27.7 Å². The van der Waals surface area contributed by atoms with Crippen molar-refractivity contribution in [1.82, 2.24) is 0 Å². The fourth-order valence-corrected chi connectivity index (χ4v) is 3.63. The molecule has 0 N–H and O–H groups in total. The summed E-state index contributed by atoms with van der Waals surface area (Å²) in [6, 6.07) is 13.7. The molecule has 0 saturated carbocycles. The van der Waals surface area contributed by atoms with Crippen molar-refractivity contribution < 1.29 is 30.9 Å². The average molecular weight is 414 g/mol. The van der Waals surface area contributed by atoms with E-state index in [4.69, 9.17) is 8.92 Å². The number of carbonyl (C=O) groups is 1. The SMILES string of the molecule is O=C1/C(=C/c2ccc(F)cc2)Oc2cc(OS(=O)(=O)c3ccc(F)cc3)ccc21. The molecule has 1 aliphatic rings. The molecule has 1 aliphatic heterocycles. The normalized spacial score (nSPS) is 14.6. The molecule has 146 valence electrons. The van der Waals surface area contributed by atoms with Crippen LogP contribution in [0.15, 0.2) is 77.4 Å². The Bertz CT molecular complexity index is 1230. The van der Waals surface area contributed by atoms with E-state index >= 15 is 0 Å². The number of benzene rings is 3. The Hall–Kier alpha value is -3.52. The van der Waals surface area contributed by atoms with Gasteiger partial charge in [0.2, 0.25) is 5.78 Å². The average Bonchev–Trinajstić information content (AvgIpc) is 2.98. The zero-order valence-corrected chi connectivity index (χ0v) is 15.5. The monoisotopic (exact) mass is 414 g/mol. The standard InChI is InChI=1S/C21H12F2O5S/c22-14-3-1-13(2-4-14)11-20-21(24)18-10-7-16(12-19(18)27-20)28-29(25,26)17-8-5-15(23)6-9-17/h1-12H/b20-11-. The highest BCUT2D eigenvalue weighted by atomic mass is 32.2. The summed E-state index contributed by atoms with van der Waals surface area (Å²) in [6.07, 6.45) is 1.46. The van der Waals surface area contributed by atoms with Gasteiger partial charge < -0.3 is 8.92 Å². The van der Waals surface area contributed by atoms with Crippen LogP contribution in [0, 0.1) is 11.6 Å². The predicted molar refractivity (Wildman–Crippen MR) is 100.0 cm³/mol. The number of fused-ring (bicyclic) bond motifs is 1. The largest absolute Gasteiger partial charge is 0.452 e. The van der Waals surface area contributed by atoms with Crippen molar-refractivity contribution in [2.75, 3.05) is 0 Å². The van der Waals surface area contributed by atoms with Crippen molar-refractivity contribution in [2.45, 2.75) is 4.90 Å². The topological polar surface area (TPSA) is 69.7 Å². The van der Waals surface area contributed by atoms with Crippen molar-refractivity contribution >= 4 is 22.0 Å². The highest BCUT2D eigenvalue weighted by Gasteiger charge is 2.28. The van der Waals surface area contributed by atoms with Crippen LogP contribution in [0.2, 0.25) is 0 Å². The fraction of sp³-hybridized carbons (Fsp3) is 0. The number of ketones is 1. The zero-order valence-electron chi connectivity index (χ0n) is 14.6. The van der Waals surface area contributed by atoms with Crippen molar-refractivity contribution in [3.63, 3.8) is 0 Å². The highest BCUT2D eigenvalue weighted by molar-refractivity contribution is 7.87. The summed E-state index contributed by atoms with van der Waals surface area (Å²) >= 11 is 0. The lowest BCUT2D eigenvalue weighted by Gasteiger charge is -2.07. The Morgan fingerprint density at radius 2 is 1.48 bits per heavy atom. The molecule has 4 rings (SSSR count). The van der Waals surface area contributed by atoms with E-state index in [2.05, 4.69) is 0 Å². The summed E-state index contributed by atoms with van der Waals surface area (Å²) in [5.41, 5.74) is 0.808. The first-order valence-corrected chi connectivity index (χ1v) is 9.76. The van der Waals surface area contributed by atoms with E-state index in [9.17, 15) is 22.0 Å². The van der Waals surface area contributed by atoms with E-state index in [1.54, 1.807) is 0 Å². The van der Waals surface area contributed by atoms with Gasteiger partial charge in [-0.1, -0.05) is 12.1 Å². The number of allylic oxidation sites excluding steroid dienone is 1. The van der Waals surface area contributed by atoms with Gasteiger partial charge in [-0.15, -0.1) is 0 Å². The molecule has 0 amide bonds. The minimum atomic E-state index is -4.18. The lowest BCUT2D eigenvalue weighted by atomic mass is 10.1. The lowest BCUT2D eigenvalue weighted by molar-refractivity contribution is 0.101. The number of ether oxygens (including phenoxy) is 1. The molecule has 0 atom stereocenters. The molecule has 0 spiro atoms. The van der Waals surface area contributed by atoms with Crippen molar-refractivity contribution in [3.8, 4) is 11.5 Å². The van der Waals surface area contributed by atoms with Crippen molar-refractivity contribution in [1.29, 1.82) is 0 Å². The number of halogens is 2. The van der Waals surface area contributed by atoms with Gasteiger partial charge >= 0.3 is 10.1 Å². The Kier molecular flexibility index (Phi) is 4.63. The van der Waals surface area contributed by atoms with Crippen LogP contribution in [0.25, 0.3) is 6.08 Å². The smallest absolute Gasteiger partial charge is 0.339 e. The van der Waals surface area contributed by atoms with Gasteiger partial charge in [-0.3, -0.25) is 4.79 Å². The minimum Gasteiger partial charge on any atom is -0.452 e. The summed E-state index contributed by atoms with van der Waals surface area (Å²) in [7, 11) is -4.18. The molecule has 0 fully saturated rings. The van der Waals surface area contributed by atoms with Crippen LogP contribution in [0.3, 0.4) is 0 Å². The van der Waals surface area contributed by atoms with E-state index in [0.29, 0.717) is 5.56 Å². The zero-order chi connectivity index (χ0) is 20.6. The second kappa shape index (κ2) is 7.14. The van der Waals surface area contributed by atoms with E-state index in [1.807, 2.05) is 0 Å². The molecule has 1 heterocycles. The maximum absolute atomic E-state index is 13.0. The molecular formula is C21H12F2O5S. The quantitative estimate of drug-likeness (QED) is 0.469. The molecule has 0 bridgehead atoms. The van der Waals surface area contributed by atoms with Crippen LogP contribution in [-0.2, 0) is 10.1 Å². The maximum Gasteiger partial charge on any atom is 0.339 e. The summed E-state index contributed by atoms with van der Waals surface area (Å²) < 4.78 is 61.2. The first-order valence-electron chi connectivity index (χ1n) is 8.36. The molecule has 0 aliphatic carbocycles. The van der Waals surface area contributed by atoms with E-state index in [1.165, 1.54) is 48.5 Å². The Balaban J connectivity index is 1.59. The van der Waals surface area contributed by atoms with Gasteiger partial charge in [0.25, 0.3) is 0 Å². The second-order valence-corrected chi connectivity index (χ2v) is 7.69. The van der Waals surface area contributed by atoms with E-state index < -0.39 is 27.5 Å². The first kappa shape index (κ1) is 18.8. The molecule has 5 nitrogen and oxygen atoms in total. The first-order chi connectivity index (χ1) is 13.8. The van der Waals surface area contributed by atoms with Gasteiger partial charge in [0.05, 0.1) is 5.56 Å². The summed E-state index contributed by atoms with van der Waals surface area (Å²) in [6.45, 7) is 0. The molecule has 3 aromatic carbocycles. The Labute approximate surface area is 164 Å². The lowest BCUT2D eigenvalue weighted by Crippen LogP contribution is -2.09. The minimum absolute atomic E-state index is 0.0187. The van der Waals surface area contributed by atoms with Gasteiger partial charge in [0, 0.05) is 6.07 Å². The maximum atomic E-state index is 13.0. The van der Waals surface area contributed by atoms with Gasteiger partial charge in [-0.2, -0.15) is 8.42 Å². The highest BCUT2D eigenvalue weighted by Crippen LogP contribution is 2.35. The van der Waals surface area contributed by atoms with Gasteiger partial charge in [0.15, 0.2) is 5.76 Å². The van der Waals surface area contributed by atoms with Crippen molar-refractivity contribution in [3.05, 3.63) is 95.3 Å². The Morgan fingerprint density at radius 3 is 2.14 bits per heavy atom. The van der Waals surface area contributed by atoms with Gasteiger partial charge in [-0.05, 0) is 60.2 Å². The van der Waals surface area contributed by atoms with Crippen LogP contribution in [0.5, 0.6) is 11.5 Å². The molecule has 8 heteroatoms. The summed E-state index contributed by atoms with van der Waals surface area (Å²) in [4.78, 5) is 12.2. The fourth-order valence-electron chi connectivity index (χ4n) is 2.71. The van der Waals surface area contributed by atoms with E-state index in [0.717, 1.165) is 24.3 Å². The third-order valence-electron chi connectivity index (χ3n) is 4.12. The summed E-state index contributed by atoms with van der Waals surface area (Å²) in [5, 5.41) is 0. The molecule has 29 heavy (non-hydrogen) atoms. The van der Waals surface area contributed by atoms with Gasteiger partial charge in [0.1, 0.15) is 28.0 Å². The van der Waals surface area contributed by atoms with Crippen LogP contribution < -0.4 is 8.92 Å². The molecule has 0 saturated heterocycles. The third-order valence-corrected chi connectivity index (χ3v) is 5.38. The molecular weight excluding hydrogens is 402 g/mol. The number of carbonyl (C=O) groups excluding carboxylic acids is 1. The molecule has 0 unspecified atom stereocenters. The van der Waals surface area contributed by atoms with Crippen molar-refractivity contribution in [2.24, 2.45) is 0 Å². The Morgan fingerprint density at radius 1 is 0.862 bits per heavy atom. The van der Waals surface area contributed by atoms with Crippen LogP contribution in [0.1, 0.15) is 15.9 Å². The third kappa shape index (κ3) is 3.88. The number of Topliss-reactive ketones (excluding diaryl/α,β-unsaturated/α-hetero) is 1. The number of hydrogen-bond donors (Lipinski definition) is 0. The van der Waals surface area contributed by atoms with Crippen LogP contribution in [-0.4, -0.2) is 14.2 Å². The van der Waals surface area contributed by atoms with Gasteiger partial charge in [-0.25, -0.2) is 8.78 Å². The molecule has 0 aromatic heterocycles. The number of rotatable bonds is 4.